The molecule has 1 aliphatic carbocycles. The monoisotopic (exact) mass is 307 g/mol. The molecule has 0 aromatic heterocycles. The molecular weight excluding hydrogens is 286 g/mol. The summed E-state index contributed by atoms with van der Waals surface area (Å²) in [6, 6.07) is 8.31. The van der Waals surface area contributed by atoms with E-state index in [9.17, 15) is 9.59 Å². The number of thioether (sulfide) groups is 1. The van der Waals surface area contributed by atoms with Crippen LogP contribution in [0.2, 0.25) is 0 Å². The van der Waals surface area contributed by atoms with E-state index < -0.39 is 5.97 Å². The Morgan fingerprint density at radius 1 is 1.24 bits per heavy atom. The third-order valence-corrected chi connectivity index (χ3v) is 4.86. The molecular formula is C16H21NO3S. The maximum atomic E-state index is 12.0. The minimum Gasteiger partial charge on any atom is -0.481 e. The summed E-state index contributed by atoms with van der Waals surface area (Å²) < 4.78 is 0. The van der Waals surface area contributed by atoms with Gasteiger partial charge in [-0.05, 0) is 38.3 Å². The SMILES string of the molecule is Cc1ccc(SCCNC(=O)[C@@H]2CC[C@H](C(=O)O)C2)cc1. The number of aliphatic carboxylic acids is 1. The Kier molecular flexibility index (Phi) is 5.67. The highest BCUT2D eigenvalue weighted by atomic mass is 32.2. The lowest BCUT2D eigenvalue weighted by Crippen LogP contribution is -2.31. The zero-order chi connectivity index (χ0) is 15.2. The summed E-state index contributed by atoms with van der Waals surface area (Å²) in [5.74, 6) is -0.425. The maximum absolute atomic E-state index is 12.0. The molecule has 1 amide bonds. The summed E-state index contributed by atoms with van der Waals surface area (Å²) in [4.78, 5) is 24.0. The fourth-order valence-electron chi connectivity index (χ4n) is 2.57. The van der Waals surface area contributed by atoms with Gasteiger partial charge in [0.2, 0.25) is 5.91 Å². The van der Waals surface area contributed by atoms with Crippen LogP contribution in [0, 0.1) is 18.8 Å². The van der Waals surface area contributed by atoms with Gasteiger partial charge in [0.15, 0.2) is 0 Å². The van der Waals surface area contributed by atoms with Crippen molar-refractivity contribution in [1.82, 2.24) is 5.32 Å². The smallest absolute Gasteiger partial charge is 0.306 e. The number of rotatable bonds is 6. The molecule has 2 rings (SSSR count). The van der Waals surface area contributed by atoms with E-state index in [1.54, 1.807) is 11.8 Å². The Morgan fingerprint density at radius 2 is 1.90 bits per heavy atom. The Hall–Kier alpha value is -1.49. The topological polar surface area (TPSA) is 66.4 Å². The second-order valence-electron chi connectivity index (χ2n) is 5.50. The third-order valence-electron chi connectivity index (χ3n) is 3.84. The quantitative estimate of drug-likeness (QED) is 0.626. The van der Waals surface area contributed by atoms with Crippen LogP contribution in [0.4, 0.5) is 0 Å². The minimum atomic E-state index is -0.778. The molecule has 1 fully saturated rings. The summed E-state index contributed by atoms with van der Waals surface area (Å²) in [6.45, 7) is 2.67. The number of carboxylic acid groups (broad SMARTS) is 1. The molecule has 1 aliphatic rings. The minimum absolute atomic E-state index is 0.00301. The largest absolute Gasteiger partial charge is 0.481 e. The number of hydrogen-bond acceptors (Lipinski definition) is 3. The third kappa shape index (κ3) is 4.77. The molecule has 4 nitrogen and oxygen atoms in total. The molecule has 114 valence electrons. The number of hydrogen-bond donors (Lipinski definition) is 2. The zero-order valence-electron chi connectivity index (χ0n) is 12.2. The highest BCUT2D eigenvalue weighted by Gasteiger charge is 2.33. The average Bonchev–Trinajstić information content (AvgIpc) is 2.95. The van der Waals surface area contributed by atoms with E-state index in [1.807, 2.05) is 0 Å². The first kappa shape index (κ1) is 15.9. The van der Waals surface area contributed by atoms with Crippen molar-refractivity contribution in [2.75, 3.05) is 12.3 Å². The fraction of sp³-hybridized carbons (Fsp3) is 0.500. The van der Waals surface area contributed by atoms with Crippen molar-refractivity contribution >= 4 is 23.6 Å². The van der Waals surface area contributed by atoms with Gasteiger partial charge in [0.25, 0.3) is 0 Å². The van der Waals surface area contributed by atoms with Crippen molar-refractivity contribution in [3.05, 3.63) is 29.8 Å². The molecule has 0 saturated heterocycles. The van der Waals surface area contributed by atoms with Gasteiger partial charge in [-0.2, -0.15) is 0 Å². The van der Waals surface area contributed by atoms with E-state index >= 15 is 0 Å². The van der Waals surface area contributed by atoms with Crippen LogP contribution in [-0.4, -0.2) is 29.3 Å². The van der Waals surface area contributed by atoms with Crippen molar-refractivity contribution in [3.8, 4) is 0 Å². The molecule has 0 radical (unpaired) electrons. The number of amides is 1. The van der Waals surface area contributed by atoms with E-state index in [0.717, 1.165) is 5.75 Å². The molecule has 0 unspecified atom stereocenters. The number of carboxylic acids is 1. The fourth-order valence-corrected chi connectivity index (χ4v) is 3.33. The number of nitrogens with one attached hydrogen (secondary N) is 1. The van der Waals surface area contributed by atoms with Gasteiger partial charge in [-0.15, -0.1) is 11.8 Å². The molecule has 0 bridgehead atoms. The normalized spacial score (nSPS) is 21.2. The Labute approximate surface area is 129 Å². The van der Waals surface area contributed by atoms with Gasteiger partial charge in [0.1, 0.15) is 0 Å². The van der Waals surface area contributed by atoms with Gasteiger partial charge in [0.05, 0.1) is 5.92 Å². The summed E-state index contributed by atoms with van der Waals surface area (Å²) in [5, 5.41) is 11.9. The second-order valence-corrected chi connectivity index (χ2v) is 6.67. The standard InChI is InChI=1S/C16H21NO3S/c1-11-2-6-14(7-3-11)21-9-8-17-15(18)12-4-5-13(10-12)16(19)20/h2-3,6-7,12-13H,4-5,8-10H2,1H3,(H,17,18)(H,19,20)/t12-,13+/m1/s1. The van der Waals surface area contributed by atoms with Crippen molar-refractivity contribution in [2.24, 2.45) is 11.8 Å². The van der Waals surface area contributed by atoms with Crippen LogP contribution in [0.3, 0.4) is 0 Å². The molecule has 0 aliphatic heterocycles. The maximum Gasteiger partial charge on any atom is 0.306 e. The Morgan fingerprint density at radius 3 is 2.52 bits per heavy atom. The predicted molar refractivity (Wildman–Crippen MR) is 83.4 cm³/mol. The number of aryl methyl sites for hydroxylation is 1. The second kappa shape index (κ2) is 7.50. The van der Waals surface area contributed by atoms with E-state index in [4.69, 9.17) is 5.11 Å². The molecule has 0 spiro atoms. The molecule has 1 aromatic rings. The average molecular weight is 307 g/mol. The number of benzene rings is 1. The predicted octanol–water partition coefficient (Wildman–Crippen LogP) is 2.70. The van der Waals surface area contributed by atoms with Crippen LogP contribution in [0.25, 0.3) is 0 Å². The summed E-state index contributed by atoms with van der Waals surface area (Å²) >= 11 is 1.71. The highest BCUT2D eigenvalue weighted by Crippen LogP contribution is 2.31. The number of carbonyl (C=O) groups is 2. The zero-order valence-corrected chi connectivity index (χ0v) is 13.0. The van der Waals surface area contributed by atoms with Crippen LogP contribution in [0.15, 0.2) is 29.2 Å². The van der Waals surface area contributed by atoms with Gasteiger partial charge >= 0.3 is 5.97 Å². The molecule has 0 heterocycles. The van der Waals surface area contributed by atoms with Crippen LogP contribution in [-0.2, 0) is 9.59 Å². The summed E-state index contributed by atoms with van der Waals surface area (Å²) in [6.07, 6.45) is 1.78. The van der Waals surface area contributed by atoms with Crippen LogP contribution in [0.1, 0.15) is 24.8 Å². The van der Waals surface area contributed by atoms with Crippen molar-refractivity contribution in [1.29, 1.82) is 0 Å². The lowest BCUT2D eigenvalue weighted by molar-refractivity contribution is -0.141. The first-order chi connectivity index (χ1) is 10.1. The molecule has 2 N–H and O–H groups in total. The van der Waals surface area contributed by atoms with E-state index in [-0.39, 0.29) is 17.7 Å². The van der Waals surface area contributed by atoms with Crippen molar-refractivity contribution in [3.63, 3.8) is 0 Å². The van der Waals surface area contributed by atoms with Gasteiger partial charge in [-0.25, -0.2) is 0 Å². The Bertz CT molecular complexity index is 501. The Balaban J connectivity index is 1.66. The summed E-state index contributed by atoms with van der Waals surface area (Å²) in [7, 11) is 0. The number of carbonyl (C=O) groups excluding carboxylic acids is 1. The van der Waals surface area contributed by atoms with E-state index in [1.165, 1.54) is 10.5 Å². The molecule has 1 aromatic carbocycles. The van der Waals surface area contributed by atoms with Gasteiger partial charge in [0, 0.05) is 23.1 Å². The van der Waals surface area contributed by atoms with Gasteiger partial charge < -0.3 is 10.4 Å². The molecule has 21 heavy (non-hydrogen) atoms. The molecule has 5 heteroatoms. The summed E-state index contributed by atoms with van der Waals surface area (Å²) in [5.41, 5.74) is 1.24. The first-order valence-corrected chi connectivity index (χ1v) is 8.25. The molecule has 2 atom stereocenters. The van der Waals surface area contributed by atoms with E-state index in [2.05, 4.69) is 36.5 Å². The van der Waals surface area contributed by atoms with Crippen molar-refractivity contribution in [2.45, 2.75) is 31.1 Å². The first-order valence-electron chi connectivity index (χ1n) is 7.26. The van der Waals surface area contributed by atoms with Gasteiger partial charge in [-0.3, -0.25) is 9.59 Å². The van der Waals surface area contributed by atoms with E-state index in [0.29, 0.717) is 25.8 Å². The van der Waals surface area contributed by atoms with Crippen LogP contribution in [0.5, 0.6) is 0 Å². The molecule has 1 saturated carbocycles. The van der Waals surface area contributed by atoms with Gasteiger partial charge in [-0.1, -0.05) is 17.7 Å². The highest BCUT2D eigenvalue weighted by molar-refractivity contribution is 7.99. The van der Waals surface area contributed by atoms with Crippen molar-refractivity contribution < 1.29 is 14.7 Å². The van der Waals surface area contributed by atoms with Crippen LogP contribution < -0.4 is 5.32 Å². The van der Waals surface area contributed by atoms with Crippen LogP contribution >= 0.6 is 11.8 Å². The lowest BCUT2D eigenvalue weighted by atomic mass is 10.0. The lowest BCUT2D eigenvalue weighted by Gasteiger charge is -2.10.